The lowest BCUT2D eigenvalue weighted by Gasteiger charge is -2.19. The topological polar surface area (TPSA) is 82.5 Å². The first-order chi connectivity index (χ1) is 13.5. The van der Waals surface area contributed by atoms with E-state index in [1.54, 1.807) is 30.6 Å². The standard InChI is InChI=1S/C23H24N2O3/c1-16(25-15-22(26)19-8-5-11-24-14-19)12-20-13-18(23(27)28)9-10-21(20)17-6-3-2-4-7-17/h2-11,13-14,16,22,25-26H,12,15H2,1H3,(H,27,28)/t16-,22-/m1/s1. The average Bonchev–Trinajstić information content (AvgIpc) is 2.73. The number of nitrogens with zero attached hydrogens (tertiary/aromatic N) is 1. The van der Waals surface area contributed by atoms with Crippen LogP contribution in [-0.2, 0) is 6.42 Å². The predicted molar refractivity (Wildman–Crippen MR) is 109 cm³/mol. The van der Waals surface area contributed by atoms with Crippen molar-refractivity contribution in [3.8, 4) is 11.1 Å². The molecule has 0 saturated carbocycles. The third kappa shape index (κ3) is 5.03. The molecule has 144 valence electrons. The van der Waals surface area contributed by atoms with Crippen LogP contribution in [0.4, 0.5) is 0 Å². The second-order valence-corrected chi connectivity index (χ2v) is 6.86. The second kappa shape index (κ2) is 9.26. The molecule has 3 aromatic rings. The van der Waals surface area contributed by atoms with Crippen LogP contribution < -0.4 is 5.32 Å². The van der Waals surface area contributed by atoms with Crippen LogP contribution in [0.5, 0.6) is 0 Å². The van der Waals surface area contributed by atoms with Crippen LogP contribution in [0.3, 0.4) is 0 Å². The van der Waals surface area contributed by atoms with Gasteiger partial charge in [0, 0.05) is 30.5 Å². The summed E-state index contributed by atoms with van der Waals surface area (Å²) in [6, 6.07) is 18.9. The molecule has 5 nitrogen and oxygen atoms in total. The number of aliphatic hydroxyl groups is 1. The van der Waals surface area contributed by atoms with Crippen molar-refractivity contribution in [3.63, 3.8) is 0 Å². The number of carbonyl (C=O) groups is 1. The van der Waals surface area contributed by atoms with Crippen molar-refractivity contribution in [3.05, 3.63) is 89.7 Å². The van der Waals surface area contributed by atoms with Crippen molar-refractivity contribution in [2.45, 2.75) is 25.5 Å². The molecule has 3 rings (SSSR count). The van der Waals surface area contributed by atoms with Gasteiger partial charge in [0.2, 0.25) is 0 Å². The molecule has 1 heterocycles. The maximum Gasteiger partial charge on any atom is 0.335 e. The predicted octanol–water partition coefficient (Wildman–Crippen LogP) is 3.70. The molecular formula is C23H24N2O3. The Morgan fingerprint density at radius 2 is 1.89 bits per heavy atom. The van der Waals surface area contributed by atoms with Gasteiger partial charge < -0.3 is 15.5 Å². The zero-order chi connectivity index (χ0) is 19.9. The van der Waals surface area contributed by atoms with E-state index < -0.39 is 12.1 Å². The van der Waals surface area contributed by atoms with Crippen molar-refractivity contribution >= 4 is 5.97 Å². The van der Waals surface area contributed by atoms with Crippen LogP contribution in [0.15, 0.2) is 73.1 Å². The highest BCUT2D eigenvalue weighted by Crippen LogP contribution is 2.26. The third-order valence-corrected chi connectivity index (χ3v) is 4.69. The van der Waals surface area contributed by atoms with Gasteiger partial charge in [-0.15, -0.1) is 0 Å². The first-order valence-electron chi connectivity index (χ1n) is 9.27. The van der Waals surface area contributed by atoms with Crippen molar-refractivity contribution in [2.75, 3.05) is 6.54 Å². The summed E-state index contributed by atoms with van der Waals surface area (Å²) in [5.41, 5.74) is 4.07. The summed E-state index contributed by atoms with van der Waals surface area (Å²) in [7, 11) is 0. The summed E-state index contributed by atoms with van der Waals surface area (Å²) < 4.78 is 0. The number of rotatable bonds is 8. The van der Waals surface area contributed by atoms with Crippen molar-refractivity contribution < 1.29 is 15.0 Å². The van der Waals surface area contributed by atoms with Crippen LogP contribution in [0.25, 0.3) is 11.1 Å². The molecule has 2 aromatic carbocycles. The quantitative estimate of drug-likeness (QED) is 0.558. The van der Waals surface area contributed by atoms with Gasteiger partial charge in [0.05, 0.1) is 11.7 Å². The minimum absolute atomic E-state index is 0.0535. The molecule has 0 aliphatic rings. The monoisotopic (exact) mass is 376 g/mol. The highest BCUT2D eigenvalue weighted by molar-refractivity contribution is 5.89. The Labute approximate surface area is 164 Å². The lowest BCUT2D eigenvalue weighted by molar-refractivity contribution is 0.0696. The van der Waals surface area contributed by atoms with Crippen LogP contribution >= 0.6 is 0 Å². The molecule has 0 aliphatic carbocycles. The van der Waals surface area contributed by atoms with E-state index in [0.29, 0.717) is 13.0 Å². The van der Waals surface area contributed by atoms with Crippen LogP contribution in [0.1, 0.15) is 34.5 Å². The fourth-order valence-corrected chi connectivity index (χ4v) is 3.20. The molecule has 0 unspecified atom stereocenters. The lowest BCUT2D eigenvalue weighted by Crippen LogP contribution is -2.32. The van der Waals surface area contributed by atoms with E-state index in [9.17, 15) is 15.0 Å². The highest BCUT2D eigenvalue weighted by atomic mass is 16.4. The first kappa shape index (κ1) is 19.7. The summed E-state index contributed by atoms with van der Waals surface area (Å²) >= 11 is 0. The number of aromatic nitrogens is 1. The Morgan fingerprint density at radius 1 is 1.11 bits per heavy atom. The van der Waals surface area contributed by atoms with Gasteiger partial charge in [-0.3, -0.25) is 4.98 Å². The van der Waals surface area contributed by atoms with Crippen molar-refractivity contribution in [2.24, 2.45) is 0 Å². The summed E-state index contributed by atoms with van der Waals surface area (Å²) in [5, 5.41) is 23.0. The Balaban J connectivity index is 1.74. The summed E-state index contributed by atoms with van der Waals surface area (Å²) in [6.07, 6.45) is 3.33. The molecule has 3 N–H and O–H groups in total. The zero-order valence-electron chi connectivity index (χ0n) is 15.7. The molecular weight excluding hydrogens is 352 g/mol. The Morgan fingerprint density at radius 3 is 2.57 bits per heavy atom. The molecule has 0 aliphatic heterocycles. The number of benzene rings is 2. The average molecular weight is 376 g/mol. The number of carboxylic acids is 1. The molecule has 2 atom stereocenters. The van der Waals surface area contributed by atoms with Gasteiger partial charge in [-0.25, -0.2) is 4.79 Å². The molecule has 5 heteroatoms. The number of aromatic carboxylic acids is 1. The Bertz CT molecular complexity index is 914. The van der Waals surface area contributed by atoms with E-state index in [4.69, 9.17) is 0 Å². The summed E-state index contributed by atoms with van der Waals surface area (Å²) in [5.74, 6) is -0.937. The maximum absolute atomic E-state index is 11.4. The first-order valence-corrected chi connectivity index (χ1v) is 9.27. The highest BCUT2D eigenvalue weighted by Gasteiger charge is 2.14. The Kier molecular flexibility index (Phi) is 6.53. The van der Waals surface area contributed by atoms with Crippen LogP contribution in [-0.4, -0.2) is 33.8 Å². The number of aliphatic hydroxyl groups excluding tert-OH is 1. The fraction of sp³-hybridized carbons (Fsp3) is 0.217. The number of hydrogen-bond donors (Lipinski definition) is 3. The third-order valence-electron chi connectivity index (χ3n) is 4.69. The largest absolute Gasteiger partial charge is 0.478 e. The van der Waals surface area contributed by atoms with Gasteiger partial charge in [0.1, 0.15) is 0 Å². The molecule has 0 saturated heterocycles. The number of nitrogens with one attached hydrogen (secondary N) is 1. The second-order valence-electron chi connectivity index (χ2n) is 6.86. The van der Waals surface area contributed by atoms with E-state index in [1.165, 1.54) is 0 Å². The van der Waals surface area contributed by atoms with E-state index in [-0.39, 0.29) is 11.6 Å². The van der Waals surface area contributed by atoms with Gasteiger partial charge in [0.15, 0.2) is 0 Å². The van der Waals surface area contributed by atoms with Gasteiger partial charge in [-0.1, -0.05) is 42.5 Å². The number of carboxylic acid groups (broad SMARTS) is 1. The van der Waals surface area contributed by atoms with E-state index >= 15 is 0 Å². The Hall–Kier alpha value is -3.02. The zero-order valence-corrected chi connectivity index (χ0v) is 15.7. The van der Waals surface area contributed by atoms with Crippen LogP contribution in [0, 0.1) is 0 Å². The normalized spacial score (nSPS) is 13.1. The minimum Gasteiger partial charge on any atom is -0.478 e. The molecule has 0 spiro atoms. The minimum atomic E-state index is -0.937. The van der Waals surface area contributed by atoms with E-state index in [1.807, 2.05) is 49.4 Å². The molecule has 0 bridgehead atoms. The van der Waals surface area contributed by atoms with Crippen molar-refractivity contribution in [1.82, 2.24) is 10.3 Å². The molecule has 0 radical (unpaired) electrons. The van der Waals surface area contributed by atoms with Gasteiger partial charge in [-0.05, 0) is 48.2 Å². The smallest absolute Gasteiger partial charge is 0.335 e. The number of hydrogen-bond acceptors (Lipinski definition) is 4. The van der Waals surface area contributed by atoms with Gasteiger partial charge in [-0.2, -0.15) is 0 Å². The van der Waals surface area contributed by atoms with Crippen LogP contribution in [0.2, 0.25) is 0 Å². The van der Waals surface area contributed by atoms with E-state index in [2.05, 4.69) is 10.3 Å². The van der Waals surface area contributed by atoms with Gasteiger partial charge >= 0.3 is 5.97 Å². The lowest BCUT2D eigenvalue weighted by atomic mass is 9.93. The number of pyridine rings is 1. The maximum atomic E-state index is 11.4. The summed E-state index contributed by atoms with van der Waals surface area (Å²) in [6.45, 7) is 2.42. The van der Waals surface area contributed by atoms with Gasteiger partial charge in [0.25, 0.3) is 0 Å². The fourth-order valence-electron chi connectivity index (χ4n) is 3.20. The summed E-state index contributed by atoms with van der Waals surface area (Å²) in [4.78, 5) is 15.4. The molecule has 0 fully saturated rings. The molecule has 0 amide bonds. The SMILES string of the molecule is C[C@H](Cc1cc(C(=O)O)ccc1-c1ccccc1)NC[C@@H](O)c1cccnc1. The molecule has 1 aromatic heterocycles. The molecule has 28 heavy (non-hydrogen) atoms. The van der Waals surface area contributed by atoms with E-state index in [0.717, 1.165) is 22.3 Å². The van der Waals surface area contributed by atoms with Crippen molar-refractivity contribution in [1.29, 1.82) is 0 Å².